The standard InChI is InChI=1S/C30H35NO6/c1-3-19(14-20-8-7-11-23(33)15-20)12-13-26(34)27-21(18-37-2)16-24-28(25(27)17-32)30(36)31(29(24)35)22-9-5-4-6-10-22/h4-11,14-15,24-26,28,32-34H,3,12-13,16-18H2,1-2H3/b19-14+/t24-,25+,26-,28-/m1/s1. The van der Waals surface area contributed by atoms with E-state index in [1.165, 1.54) is 4.90 Å². The highest BCUT2D eigenvalue weighted by molar-refractivity contribution is 6.22. The predicted octanol–water partition coefficient (Wildman–Crippen LogP) is 4.09. The van der Waals surface area contributed by atoms with Gasteiger partial charge < -0.3 is 20.1 Å². The number of rotatable bonds is 10. The van der Waals surface area contributed by atoms with E-state index in [4.69, 9.17) is 4.74 Å². The van der Waals surface area contributed by atoms with Crippen molar-refractivity contribution in [3.8, 4) is 5.75 Å². The van der Waals surface area contributed by atoms with Crippen molar-refractivity contribution in [2.24, 2.45) is 17.8 Å². The van der Waals surface area contributed by atoms with Crippen LogP contribution in [0.5, 0.6) is 5.75 Å². The minimum atomic E-state index is -0.893. The molecule has 4 atom stereocenters. The van der Waals surface area contributed by atoms with Gasteiger partial charge in [0.25, 0.3) is 0 Å². The molecule has 0 bridgehead atoms. The number of phenolic OH excluding ortho intramolecular Hbond substituents is 1. The van der Waals surface area contributed by atoms with Gasteiger partial charge in [-0.05, 0) is 66.7 Å². The molecule has 0 aromatic heterocycles. The molecular weight excluding hydrogens is 470 g/mol. The lowest BCUT2D eigenvalue weighted by Gasteiger charge is -2.36. The van der Waals surface area contributed by atoms with E-state index in [0.717, 1.165) is 23.1 Å². The van der Waals surface area contributed by atoms with Gasteiger partial charge >= 0.3 is 0 Å². The fraction of sp³-hybridized carbons (Fsp3) is 0.400. The van der Waals surface area contributed by atoms with Gasteiger partial charge in [-0.15, -0.1) is 0 Å². The van der Waals surface area contributed by atoms with Crippen LogP contribution in [0.4, 0.5) is 5.69 Å². The number of anilines is 1. The van der Waals surface area contributed by atoms with Crippen molar-refractivity contribution in [1.82, 2.24) is 0 Å². The summed E-state index contributed by atoms with van der Waals surface area (Å²) in [5.74, 6) is -2.39. The summed E-state index contributed by atoms with van der Waals surface area (Å²) in [6.45, 7) is 1.92. The summed E-state index contributed by atoms with van der Waals surface area (Å²) >= 11 is 0. The molecule has 1 fully saturated rings. The Hall–Kier alpha value is -3.26. The molecule has 1 heterocycles. The summed E-state index contributed by atoms with van der Waals surface area (Å²) in [7, 11) is 1.56. The first-order valence-corrected chi connectivity index (χ1v) is 12.8. The molecule has 7 nitrogen and oxygen atoms in total. The SMILES string of the molecule is CC/C(=C\c1cccc(O)c1)CC[C@@H](O)C1=C(COC)C[C@H]2C(=O)N(c3ccccc3)C(=O)[C@H]2[C@H]1CO. The van der Waals surface area contributed by atoms with Crippen molar-refractivity contribution < 1.29 is 29.6 Å². The number of aliphatic hydroxyl groups excluding tert-OH is 2. The summed E-state index contributed by atoms with van der Waals surface area (Å²) in [5.41, 5.74) is 3.91. The Labute approximate surface area is 217 Å². The van der Waals surface area contributed by atoms with Crippen molar-refractivity contribution in [1.29, 1.82) is 0 Å². The number of hydrogen-bond acceptors (Lipinski definition) is 6. The third-order valence-corrected chi connectivity index (χ3v) is 7.51. The maximum Gasteiger partial charge on any atom is 0.238 e. The lowest BCUT2D eigenvalue weighted by Crippen LogP contribution is -2.39. The van der Waals surface area contributed by atoms with E-state index in [1.54, 1.807) is 49.6 Å². The van der Waals surface area contributed by atoms with E-state index in [9.17, 15) is 24.9 Å². The van der Waals surface area contributed by atoms with Gasteiger partial charge in [0.2, 0.25) is 11.8 Å². The van der Waals surface area contributed by atoms with Gasteiger partial charge in [-0.3, -0.25) is 14.5 Å². The largest absolute Gasteiger partial charge is 0.508 e. The number of hydrogen-bond donors (Lipinski definition) is 3. The van der Waals surface area contributed by atoms with Crippen molar-refractivity contribution >= 4 is 23.6 Å². The fourth-order valence-electron chi connectivity index (χ4n) is 5.78. The van der Waals surface area contributed by atoms with Crippen LogP contribution in [-0.4, -0.2) is 53.6 Å². The number of aromatic hydroxyl groups is 1. The van der Waals surface area contributed by atoms with Crippen LogP contribution >= 0.6 is 0 Å². The molecule has 0 unspecified atom stereocenters. The fourth-order valence-corrected chi connectivity index (χ4v) is 5.78. The van der Waals surface area contributed by atoms with Crippen LogP contribution in [0.3, 0.4) is 0 Å². The van der Waals surface area contributed by atoms with Crippen molar-refractivity contribution in [2.75, 3.05) is 25.2 Å². The lowest BCUT2D eigenvalue weighted by molar-refractivity contribution is -0.123. The quantitative estimate of drug-likeness (QED) is 0.332. The molecule has 196 valence electrons. The normalized spacial score (nSPS) is 23.0. The monoisotopic (exact) mass is 505 g/mol. The van der Waals surface area contributed by atoms with Crippen LogP contribution in [0, 0.1) is 17.8 Å². The minimum Gasteiger partial charge on any atom is -0.508 e. The number of carbonyl (C=O) groups is 2. The molecule has 4 rings (SSSR count). The molecule has 0 saturated carbocycles. The number of carbonyl (C=O) groups excluding carboxylic acids is 2. The first kappa shape index (κ1) is 26.8. The average Bonchev–Trinajstić information content (AvgIpc) is 3.15. The number of aliphatic hydroxyl groups is 2. The number of phenols is 1. The van der Waals surface area contributed by atoms with Crippen molar-refractivity contribution in [3.63, 3.8) is 0 Å². The third kappa shape index (κ3) is 5.54. The van der Waals surface area contributed by atoms with E-state index in [0.29, 0.717) is 30.5 Å². The highest BCUT2D eigenvalue weighted by Gasteiger charge is 2.55. The van der Waals surface area contributed by atoms with Gasteiger partial charge in [0, 0.05) is 13.0 Å². The Morgan fingerprint density at radius 3 is 2.54 bits per heavy atom. The Morgan fingerprint density at radius 1 is 1.14 bits per heavy atom. The lowest BCUT2D eigenvalue weighted by atomic mass is 9.68. The maximum absolute atomic E-state index is 13.5. The van der Waals surface area contributed by atoms with Gasteiger partial charge in [0.05, 0.1) is 36.8 Å². The Bertz CT molecular complexity index is 1190. The van der Waals surface area contributed by atoms with Gasteiger partial charge in [-0.1, -0.05) is 48.9 Å². The zero-order valence-electron chi connectivity index (χ0n) is 21.3. The summed E-state index contributed by atoms with van der Waals surface area (Å²) < 4.78 is 5.42. The number of nitrogens with zero attached hydrogens (tertiary/aromatic N) is 1. The number of methoxy groups -OCH3 is 1. The second-order valence-electron chi connectivity index (χ2n) is 9.77. The molecule has 2 amide bonds. The molecular formula is C30H35NO6. The zero-order valence-corrected chi connectivity index (χ0v) is 21.3. The topological polar surface area (TPSA) is 107 Å². The van der Waals surface area contributed by atoms with Crippen LogP contribution in [0.2, 0.25) is 0 Å². The van der Waals surface area contributed by atoms with E-state index in [-0.39, 0.29) is 30.8 Å². The smallest absolute Gasteiger partial charge is 0.238 e. The molecule has 0 spiro atoms. The highest BCUT2D eigenvalue weighted by atomic mass is 16.5. The minimum absolute atomic E-state index is 0.196. The Morgan fingerprint density at radius 2 is 1.89 bits per heavy atom. The van der Waals surface area contributed by atoms with E-state index in [1.807, 2.05) is 25.1 Å². The predicted molar refractivity (Wildman–Crippen MR) is 142 cm³/mol. The number of ether oxygens (including phenoxy) is 1. The van der Waals surface area contributed by atoms with Gasteiger partial charge in [-0.25, -0.2) is 0 Å². The summed E-state index contributed by atoms with van der Waals surface area (Å²) in [6.07, 6.45) is 3.21. The van der Waals surface area contributed by atoms with Gasteiger partial charge in [0.1, 0.15) is 5.75 Å². The van der Waals surface area contributed by atoms with E-state index in [2.05, 4.69) is 0 Å². The maximum atomic E-state index is 13.5. The zero-order chi connectivity index (χ0) is 26.5. The van der Waals surface area contributed by atoms with E-state index >= 15 is 0 Å². The molecule has 2 aromatic carbocycles. The Balaban J connectivity index is 1.60. The molecule has 2 aromatic rings. The number of allylic oxidation sites excluding steroid dienone is 1. The molecule has 3 N–H and O–H groups in total. The van der Waals surface area contributed by atoms with Crippen LogP contribution < -0.4 is 4.90 Å². The number of imide groups is 1. The van der Waals surface area contributed by atoms with Crippen molar-refractivity contribution in [2.45, 2.75) is 38.7 Å². The Kier molecular flexibility index (Phi) is 8.59. The summed E-state index contributed by atoms with van der Waals surface area (Å²) in [4.78, 5) is 28.1. The molecule has 1 aliphatic heterocycles. The van der Waals surface area contributed by atoms with E-state index < -0.39 is 23.9 Å². The van der Waals surface area contributed by atoms with Crippen LogP contribution in [0.15, 0.2) is 71.3 Å². The molecule has 7 heteroatoms. The highest BCUT2D eigenvalue weighted by Crippen LogP contribution is 2.47. The number of amides is 2. The van der Waals surface area contributed by atoms with Crippen LogP contribution in [-0.2, 0) is 14.3 Å². The third-order valence-electron chi connectivity index (χ3n) is 7.51. The van der Waals surface area contributed by atoms with Gasteiger partial charge in [0.15, 0.2) is 0 Å². The summed E-state index contributed by atoms with van der Waals surface area (Å²) in [5, 5.41) is 31.6. The number of benzene rings is 2. The summed E-state index contributed by atoms with van der Waals surface area (Å²) in [6, 6.07) is 15.8. The molecule has 1 saturated heterocycles. The molecule has 2 aliphatic rings. The molecule has 0 radical (unpaired) electrons. The second kappa shape index (κ2) is 11.9. The molecule has 1 aliphatic carbocycles. The number of para-hydroxylation sites is 1. The van der Waals surface area contributed by atoms with Crippen molar-refractivity contribution in [3.05, 3.63) is 76.9 Å². The first-order valence-electron chi connectivity index (χ1n) is 12.8. The molecule has 37 heavy (non-hydrogen) atoms. The average molecular weight is 506 g/mol. The van der Waals surface area contributed by atoms with Crippen LogP contribution in [0.25, 0.3) is 6.08 Å². The number of fused-ring (bicyclic) bond motifs is 1. The first-order chi connectivity index (χ1) is 17.9. The second-order valence-corrected chi connectivity index (χ2v) is 9.77. The van der Waals surface area contributed by atoms with Crippen LogP contribution in [0.1, 0.15) is 38.2 Å². The van der Waals surface area contributed by atoms with Gasteiger partial charge in [-0.2, -0.15) is 0 Å².